The summed E-state index contributed by atoms with van der Waals surface area (Å²) in [4.78, 5) is 0.310. The van der Waals surface area contributed by atoms with Crippen molar-refractivity contribution in [1.82, 2.24) is 10.0 Å². The lowest BCUT2D eigenvalue weighted by atomic mass is 10.1. The first kappa shape index (κ1) is 15.3. The second-order valence-electron chi connectivity index (χ2n) is 5.05. The number of nitrogens with one attached hydrogen (secondary N) is 2. The third-order valence-electron chi connectivity index (χ3n) is 3.20. The smallest absolute Gasteiger partial charge is 0.240 e. The van der Waals surface area contributed by atoms with E-state index in [9.17, 15) is 8.42 Å². The molecule has 1 aromatic rings. The van der Waals surface area contributed by atoms with Gasteiger partial charge in [0.1, 0.15) is 11.9 Å². The Balaban J connectivity index is 1.98. The molecule has 0 radical (unpaired) electrons. The van der Waals surface area contributed by atoms with Gasteiger partial charge in [0.15, 0.2) is 0 Å². The van der Waals surface area contributed by atoms with E-state index in [1.165, 1.54) is 0 Å². The number of ether oxygens (including phenoxy) is 1. The summed E-state index contributed by atoms with van der Waals surface area (Å²) in [5.74, 6) is 0.793. The zero-order chi connectivity index (χ0) is 14.6. The topological polar surface area (TPSA) is 67.4 Å². The van der Waals surface area contributed by atoms with E-state index >= 15 is 0 Å². The van der Waals surface area contributed by atoms with Crippen LogP contribution in [0.3, 0.4) is 0 Å². The highest BCUT2D eigenvalue weighted by atomic mass is 32.2. The molecule has 1 heterocycles. The van der Waals surface area contributed by atoms with E-state index in [1.54, 1.807) is 18.2 Å². The molecule has 112 valence electrons. The Kier molecular flexibility index (Phi) is 5.01. The molecule has 0 saturated heterocycles. The monoisotopic (exact) mass is 298 g/mol. The van der Waals surface area contributed by atoms with Crippen molar-refractivity contribution < 1.29 is 13.2 Å². The fourth-order valence-electron chi connectivity index (χ4n) is 2.22. The Hall–Kier alpha value is -1.11. The second-order valence-corrected chi connectivity index (χ2v) is 6.82. The molecule has 0 aromatic heterocycles. The van der Waals surface area contributed by atoms with Crippen molar-refractivity contribution >= 4 is 10.0 Å². The standard InChI is InChI=1S/C14H22N2O3S/c1-3-6-15-7-8-16-20(17,18)13-4-5-14-12(10-13)9-11(2)19-14/h4-5,10-11,15-16H,3,6-9H2,1-2H3. The van der Waals surface area contributed by atoms with Crippen LogP contribution in [0.25, 0.3) is 0 Å². The summed E-state index contributed by atoms with van der Waals surface area (Å²) in [5, 5.41) is 3.16. The molecule has 6 heteroatoms. The van der Waals surface area contributed by atoms with Crippen LogP contribution in [0.1, 0.15) is 25.8 Å². The summed E-state index contributed by atoms with van der Waals surface area (Å²) < 4.78 is 32.5. The van der Waals surface area contributed by atoms with Crippen molar-refractivity contribution in [2.24, 2.45) is 0 Å². The van der Waals surface area contributed by atoms with Gasteiger partial charge in [-0.25, -0.2) is 13.1 Å². The normalized spacial score (nSPS) is 17.8. The van der Waals surface area contributed by atoms with Gasteiger partial charge in [-0.2, -0.15) is 0 Å². The maximum atomic E-state index is 12.2. The number of hydrogen-bond acceptors (Lipinski definition) is 4. The van der Waals surface area contributed by atoms with E-state index in [2.05, 4.69) is 17.0 Å². The second kappa shape index (κ2) is 6.56. The Bertz CT molecular complexity index is 558. The van der Waals surface area contributed by atoms with Crippen LogP contribution < -0.4 is 14.8 Å². The van der Waals surface area contributed by atoms with Crippen LogP contribution in [0.15, 0.2) is 23.1 Å². The fourth-order valence-corrected chi connectivity index (χ4v) is 3.31. The van der Waals surface area contributed by atoms with Gasteiger partial charge in [0.05, 0.1) is 4.90 Å². The van der Waals surface area contributed by atoms with Gasteiger partial charge in [-0.15, -0.1) is 0 Å². The van der Waals surface area contributed by atoms with Crippen molar-refractivity contribution in [2.45, 2.75) is 37.7 Å². The Morgan fingerprint density at radius 3 is 2.85 bits per heavy atom. The summed E-state index contributed by atoms with van der Waals surface area (Å²) >= 11 is 0. The van der Waals surface area contributed by atoms with Gasteiger partial charge in [0.2, 0.25) is 10.0 Å². The third-order valence-corrected chi connectivity index (χ3v) is 4.66. The SMILES string of the molecule is CCCNCCNS(=O)(=O)c1ccc2c(c1)CC(C)O2. The van der Waals surface area contributed by atoms with E-state index in [0.717, 1.165) is 30.7 Å². The van der Waals surface area contributed by atoms with E-state index < -0.39 is 10.0 Å². The summed E-state index contributed by atoms with van der Waals surface area (Å²) in [6.45, 7) is 5.98. The Morgan fingerprint density at radius 1 is 1.30 bits per heavy atom. The molecule has 0 saturated carbocycles. The molecule has 0 spiro atoms. The van der Waals surface area contributed by atoms with E-state index in [1.807, 2.05) is 6.92 Å². The van der Waals surface area contributed by atoms with Crippen molar-refractivity contribution in [3.8, 4) is 5.75 Å². The molecule has 2 N–H and O–H groups in total. The fraction of sp³-hybridized carbons (Fsp3) is 0.571. The Morgan fingerprint density at radius 2 is 2.10 bits per heavy atom. The van der Waals surface area contributed by atoms with Gasteiger partial charge in [-0.1, -0.05) is 6.92 Å². The summed E-state index contributed by atoms with van der Waals surface area (Å²) in [6, 6.07) is 5.04. The van der Waals surface area contributed by atoms with Gasteiger partial charge >= 0.3 is 0 Å². The number of sulfonamides is 1. The highest BCUT2D eigenvalue weighted by molar-refractivity contribution is 7.89. The molecule has 1 aliphatic heterocycles. The average molecular weight is 298 g/mol. The third kappa shape index (κ3) is 3.71. The van der Waals surface area contributed by atoms with Crippen molar-refractivity contribution in [2.75, 3.05) is 19.6 Å². The largest absolute Gasteiger partial charge is 0.490 e. The van der Waals surface area contributed by atoms with Crippen LogP contribution in [-0.4, -0.2) is 34.2 Å². The molecular formula is C14H22N2O3S. The van der Waals surface area contributed by atoms with Crippen molar-refractivity contribution in [1.29, 1.82) is 0 Å². The number of benzene rings is 1. The van der Waals surface area contributed by atoms with Crippen LogP contribution in [0, 0.1) is 0 Å². The number of rotatable bonds is 7. The minimum atomic E-state index is -3.43. The molecule has 2 rings (SSSR count). The molecular weight excluding hydrogens is 276 g/mol. The van der Waals surface area contributed by atoms with Crippen LogP contribution >= 0.6 is 0 Å². The Labute approximate surface area is 120 Å². The first-order valence-electron chi connectivity index (χ1n) is 7.03. The van der Waals surface area contributed by atoms with Gasteiger partial charge < -0.3 is 10.1 Å². The molecule has 5 nitrogen and oxygen atoms in total. The lowest BCUT2D eigenvalue weighted by Gasteiger charge is -2.08. The summed E-state index contributed by atoms with van der Waals surface area (Å²) in [5.41, 5.74) is 0.962. The molecule has 1 atom stereocenters. The van der Waals surface area contributed by atoms with Gasteiger partial charge in [0, 0.05) is 19.5 Å². The summed E-state index contributed by atoms with van der Waals surface area (Å²) in [6.07, 6.45) is 1.92. The van der Waals surface area contributed by atoms with Crippen LogP contribution in [0.2, 0.25) is 0 Å². The van der Waals surface area contributed by atoms with Gasteiger partial charge in [-0.3, -0.25) is 0 Å². The molecule has 0 fully saturated rings. The molecule has 1 aromatic carbocycles. The maximum Gasteiger partial charge on any atom is 0.240 e. The van der Waals surface area contributed by atoms with Crippen molar-refractivity contribution in [3.05, 3.63) is 23.8 Å². The first-order chi connectivity index (χ1) is 9.53. The molecule has 1 unspecified atom stereocenters. The quantitative estimate of drug-likeness (QED) is 0.744. The van der Waals surface area contributed by atoms with E-state index in [-0.39, 0.29) is 6.10 Å². The van der Waals surface area contributed by atoms with E-state index in [4.69, 9.17) is 4.74 Å². The predicted molar refractivity (Wildman–Crippen MR) is 78.6 cm³/mol. The number of fused-ring (bicyclic) bond motifs is 1. The predicted octanol–water partition coefficient (Wildman–Crippen LogP) is 1.29. The molecule has 0 aliphatic carbocycles. The van der Waals surface area contributed by atoms with Crippen molar-refractivity contribution in [3.63, 3.8) is 0 Å². The molecule has 1 aliphatic rings. The molecule has 0 bridgehead atoms. The van der Waals surface area contributed by atoms with Gasteiger partial charge in [-0.05, 0) is 43.7 Å². The number of hydrogen-bond donors (Lipinski definition) is 2. The lowest BCUT2D eigenvalue weighted by Crippen LogP contribution is -2.32. The minimum Gasteiger partial charge on any atom is -0.490 e. The first-order valence-corrected chi connectivity index (χ1v) is 8.51. The van der Waals surface area contributed by atoms with Crippen LogP contribution in [0.4, 0.5) is 0 Å². The zero-order valence-electron chi connectivity index (χ0n) is 12.0. The molecule has 20 heavy (non-hydrogen) atoms. The summed E-state index contributed by atoms with van der Waals surface area (Å²) in [7, 11) is -3.43. The van der Waals surface area contributed by atoms with Crippen LogP contribution in [-0.2, 0) is 16.4 Å². The maximum absolute atomic E-state index is 12.2. The zero-order valence-corrected chi connectivity index (χ0v) is 12.8. The highest BCUT2D eigenvalue weighted by Gasteiger charge is 2.22. The minimum absolute atomic E-state index is 0.120. The van der Waals surface area contributed by atoms with E-state index in [0.29, 0.717) is 18.0 Å². The van der Waals surface area contributed by atoms with Gasteiger partial charge in [0.25, 0.3) is 0 Å². The molecule has 0 amide bonds. The van der Waals surface area contributed by atoms with Crippen LogP contribution in [0.5, 0.6) is 5.75 Å². The lowest BCUT2D eigenvalue weighted by molar-refractivity contribution is 0.254. The average Bonchev–Trinajstić information content (AvgIpc) is 2.77. The highest BCUT2D eigenvalue weighted by Crippen LogP contribution is 2.30.